The molecule has 1 heterocycles. The van der Waals surface area contributed by atoms with Crippen molar-refractivity contribution in [1.82, 2.24) is 10.2 Å². The van der Waals surface area contributed by atoms with E-state index in [9.17, 15) is 28.2 Å². The summed E-state index contributed by atoms with van der Waals surface area (Å²) in [4.78, 5) is 27.1. The quantitative estimate of drug-likeness (QED) is 0.147. The van der Waals surface area contributed by atoms with E-state index in [1.165, 1.54) is 37.7 Å². The summed E-state index contributed by atoms with van der Waals surface area (Å²) in [5, 5.41) is 24.6. The van der Waals surface area contributed by atoms with E-state index in [0.29, 0.717) is 42.7 Å². The first kappa shape index (κ1) is 42.1. The van der Waals surface area contributed by atoms with Crippen LogP contribution in [0.1, 0.15) is 139 Å². The van der Waals surface area contributed by atoms with E-state index in [-0.39, 0.29) is 57.3 Å². The molecule has 3 N–H and O–H groups in total. The molecule has 0 aromatic rings. The van der Waals surface area contributed by atoms with Crippen LogP contribution in [0.2, 0.25) is 0 Å². The molecule has 0 bridgehead atoms. The number of ether oxygens (including phenoxy) is 1. The first-order valence-electron chi connectivity index (χ1n) is 21.4. The fourth-order valence-electron chi connectivity index (χ4n) is 14.5. The van der Waals surface area contributed by atoms with Gasteiger partial charge in [0.25, 0.3) is 0 Å². The van der Waals surface area contributed by atoms with Crippen LogP contribution in [0.4, 0.5) is 0 Å². The SMILES string of the molecule is C=C(C)[C@@H]1CC[C@]2(NCC[C@H]([C@@H](C)O)N3CCS(=O)(=O)CC3)CC[C@]3(C)[C@H](CC[C@@H]4[C@@]5(C)CC[C@H](OC(=O)CC(C)(C)C(=O)O)C(C)(C)[C@@H]5CC[C@]43C)[C@@H]12. The molecule has 5 aliphatic carbocycles. The average Bonchev–Trinajstić information content (AvgIpc) is 3.45. The van der Waals surface area contributed by atoms with Crippen molar-refractivity contribution in [3.8, 4) is 0 Å². The van der Waals surface area contributed by atoms with E-state index in [1.54, 1.807) is 13.8 Å². The summed E-state index contributed by atoms with van der Waals surface area (Å²) >= 11 is 0. The van der Waals surface area contributed by atoms with Gasteiger partial charge in [0.1, 0.15) is 6.10 Å². The van der Waals surface area contributed by atoms with Crippen LogP contribution >= 0.6 is 0 Å². The first-order chi connectivity index (χ1) is 24.9. The average molecular weight is 775 g/mol. The highest BCUT2D eigenvalue weighted by Gasteiger charge is 2.71. The van der Waals surface area contributed by atoms with Crippen molar-refractivity contribution >= 4 is 21.8 Å². The number of nitrogens with one attached hydrogen (secondary N) is 1. The van der Waals surface area contributed by atoms with Gasteiger partial charge >= 0.3 is 11.9 Å². The second-order valence-corrected chi connectivity index (χ2v) is 23.6. The maximum absolute atomic E-state index is 13.1. The van der Waals surface area contributed by atoms with Crippen molar-refractivity contribution in [2.24, 2.45) is 56.7 Å². The van der Waals surface area contributed by atoms with Gasteiger partial charge in [0.2, 0.25) is 0 Å². The molecule has 0 aromatic carbocycles. The number of allylic oxidation sites excluding steroid dienone is 1. The summed E-state index contributed by atoms with van der Waals surface area (Å²) in [6.07, 6.45) is 11.2. The van der Waals surface area contributed by atoms with E-state index < -0.39 is 33.3 Å². The predicted molar refractivity (Wildman–Crippen MR) is 213 cm³/mol. The zero-order valence-corrected chi connectivity index (χ0v) is 36.0. The lowest BCUT2D eigenvalue weighted by Crippen LogP contribution is -2.69. The van der Waals surface area contributed by atoms with E-state index in [1.807, 2.05) is 6.92 Å². The molecule has 0 radical (unpaired) electrons. The lowest BCUT2D eigenvalue weighted by atomic mass is 9.32. The van der Waals surface area contributed by atoms with Crippen LogP contribution in [0, 0.1) is 56.7 Å². The summed E-state index contributed by atoms with van der Waals surface area (Å²) in [5.41, 5.74) is 0.514. The van der Waals surface area contributed by atoms with Crippen molar-refractivity contribution < 1.29 is 33.0 Å². The summed E-state index contributed by atoms with van der Waals surface area (Å²) in [6.45, 7) is 26.1. The van der Waals surface area contributed by atoms with Gasteiger partial charge in [0, 0.05) is 30.1 Å². The smallest absolute Gasteiger partial charge is 0.309 e. The third kappa shape index (κ3) is 6.95. The van der Waals surface area contributed by atoms with Crippen LogP contribution in [0.3, 0.4) is 0 Å². The Morgan fingerprint density at radius 2 is 1.59 bits per heavy atom. The summed E-state index contributed by atoms with van der Waals surface area (Å²) in [6, 6.07) is -0.0558. The van der Waals surface area contributed by atoms with Crippen LogP contribution < -0.4 is 5.32 Å². The number of carbonyl (C=O) groups excluding carboxylic acids is 1. The highest BCUT2D eigenvalue weighted by molar-refractivity contribution is 7.91. The molecular formula is C44H74N2O7S. The molecule has 5 saturated carbocycles. The van der Waals surface area contributed by atoms with Gasteiger partial charge in [-0.3, -0.25) is 14.5 Å². The zero-order valence-electron chi connectivity index (χ0n) is 35.1. The molecule has 308 valence electrons. The summed E-state index contributed by atoms with van der Waals surface area (Å²) in [7, 11) is -2.98. The molecule has 6 fully saturated rings. The van der Waals surface area contributed by atoms with E-state index in [2.05, 4.69) is 58.3 Å². The van der Waals surface area contributed by atoms with Crippen LogP contribution in [0.5, 0.6) is 0 Å². The topological polar surface area (TPSA) is 133 Å². The fraction of sp³-hybridized carbons (Fsp3) is 0.909. The molecule has 0 aromatic heterocycles. The molecular weight excluding hydrogens is 701 g/mol. The van der Waals surface area contributed by atoms with Crippen molar-refractivity contribution in [1.29, 1.82) is 0 Å². The van der Waals surface area contributed by atoms with E-state index in [4.69, 9.17) is 4.74 Å². The van der Waals surface area contributed by atoms with Gasteiger partial charge in [-0.2, -0.15) is 0 Å². The number of nitrogens with zero attached hydrogens (tertiary/aromatic N) is 1. The molecule has 6 rings (SSSR count). The second-order valence-electron chi connectivity index (χ2n) is 21.3. The standard InChI is InChI=1S/C44H74N2O7S/c1-28(2)30-13-19-44(45-22-16-32(29(3)47)46-23-25-54(51,52)26-24-46)21-20-42(9)31(37(30)44)11-12-34-41(8)17-15-35(53-36(48)27-39(4,5)38(49)50)40(6,7)33(41)14-18-43(34,42)10/h29-35,37,45,47H,1,11-27H2,2-10H3,(H,49,50)/t29-,30+,31-,32-,33+,34-,35+,37-,41+,42-,43-,44+/m1/s1. The number of carboxylic acid groups (broad SMARTS) is 1. The lowest BCUT2D eigenvalue weighted by molar-refractivity contribution is -0.246. The maximum Gasteiger partial charge on any atom is 0.309 e. The van der Waals surface area contributed by atoms with Gasteiger partial charge < -0.3 is 20.3 Å². The Labute approximate surface area is 327 Å². The molecule has 9 nitrogen and oxygen atoms in total. The number of fused-ring (bicyclic) bond motifs is 7. The number of carboxylic acids is 1. The van der Waals surface area contributed by atoms with Crippen LogP contribution in [-0.2, 0) is 24.2 Å². The number of aliphatic hydroxyl groups is 1. The minimum atomic E-state index is -2.98. The zero-order chi connectivity index (χ0) is 39.9. The monoisotopic (exact) mass is 775 g/mol. The van der Waals surface area contributed by atoms with Crippen molar-refractivity contribution in [2.75, 3.05) is 31.1 Å². The number of esters is 1. The molecule has 0 unspecified atom stereocenters. The van der Waals surface area contributed by atoms with Crippen LogP contribution in [0.25, 0.3) is 0 Å². The minimum Gasteiger partial charge on any atom is -0.481 e. The van der Waals surface area contributed by atoms with Crippen LogP contribution in [-0.4, -0.2) is 90.4 Å². The highest BCUT2D eigenvalue weighted by atomic mass is 32.2. The second kappa shape index (κ2) is 14.4. The van der Waals surface area contributed by atoms with Gasteiger partial charge in [-0.15, -0.1) is 0 Å². The summed E-state index contributed by atoms with van der Waals surface area (Å²) in [5.74, 6) is 1.57. The summed E-state index contributed by atoms with van der Waals surface area (Å²) < 4.78 is 30.5. The number of carbonyl (C=O) groups is 2. The Bertz CT molecular complexity index is 1560. The Morgan fingerprint density at radius 3 is 2.20 bits per heavy atom. The highest BCUT2D eigenvalue weighted by Crippen LogP contribution is 2.76. The Hall–Kier alpha value is -1.49. The van der Waals surface area contributed by atoms with Crippen molar-refractivity contribution in [3.05, 3.63) is 12.2 Å². The maximum atomic E-state index is 13.1. The Kier molecular flexibility index (Phi) is 11.2. The van der Waals surface area contributed by atoms with E-state index in [0.717, 1.165) is 45.1 Å². The first-order valence-corrected chi connectivity index (χ1v) is 23.2. The normalized spacial score (nSPS) is 42.7. The molecule has 1 saturated heterocycles. The molecule has 6 aliphatic rings. The van der Waals surface area contributed by atoms with Crippen molar-refractivity contribution in [3.63, 3.8) is 0 Å². The number of hydrogen-bond acceptors (Lipinski definition) is 8. The van der Waals surface area contributed by atoms with Crippen LogP contribution in [0.15, 0.2) is 12.2 Å². The van der Waals surface area contributed by atoms with E-state index >= 15 is 0 Å². The molecule has 0 amide bonds. The molecule has 0 spiro atoms. The molecule has 10 heteroatoms. The fourth-order valence-corrected chi connectivity index (χ4v) is 15.8. The minimum absolute atomic E-state index is 0.0473. The third-order valence-electron chi connectivity index (χ3n) is 17.8. The number of aliphatic hydroxyl groups excluding tert-OH is 1. The van der Waals surface area contributed by atoms with Gasteiger partial charge in [-0.25, -0.2) is 8.42 Å². The van der Waals surface area contributed by atoms with Gasteiger partial charge in [0.05, 0.1) is 29.4 Å². The number of hydrogen-bond donors (Lipinski definition) is 3. The van der Waals surface area contributed by atoms with Gasteiger partial charge in [-0.1, -0.05) is 46.8 Å². The Balaban J connectivity index is 1.20. The molecule has 12 atom stereocenters. The third-order valence-corrected chi connectivity index (χ3v) is 19.4. The number of sulfone groups is 1. The largest absolute Gasteiger partial charge is 0.481 e. The van der Waals surface area contributed by atoms with Gasteiger partial charge in [0.15, 0.2) is 9.84 Å². The van der Waals surface area contributed by atoms with Gasteiger partial charge in [-0.05, 0) is 151 Å². The molecule has 54 heavy (non-hydrogen) atoms. The molecule has 1 aliphatic heterocycles. The van der Waals surface area contributed by atoms with Crippen molar-refractivity contribution in [2.45, 2.75) is 163 Å². The lowest BCUT2D eigenvalue weighted by Gasteiger charge is -2.73. The predicted octanol–water partition coefficient (Wildman–Crippen LogP) is 7.27. The number of aliphatic carboxylic acids is 1. The Morgan fingerprint density at radius 1 is 0.926 bits per heavy atom. The number of rotatable bonds is 11.